The Balaban J connectivity index is 1.36. The lowest BCUT2D eigenvalue weighted by Crippen LogP contribution is -2.08. The molecule has 0 aliphatic carbocycles. The SMILES string of the molecule is N#Cc1c(F)c(Oc2ccc(C(=O)Oc3ccc([N+](=O)[O-])cc3)cc2)c(Oc2ccc(C(=O)Oc3ccc([N+](=O)[O-])cc3)cc2)c(F)c1C#N. The van der Waals surface area contributed by atoms with Gasteiger partial charge in [0.05, 0.1) is 21.0 Å². The number of non-ortho nitro benzene ring substituents is 2. The van der Waals surface area contributed by atoms with Gasteiger partial charge >= 0.3 is 11.9 Å². The average Bonchev–Trinajstić information content (AvgIpc) is 3.12. The molecule has 0 saturated heterocycles. The average molecular weight is 679 g/mol. The molecule has 14 nitrogen and oxygen atoms in total. The summed E-state index contributed by atoms with van der Waals surface area (Å²) in [6.07, 6.45) is 0. The van der Waals surface area contributed by atoms with Gasteiger partial charge in [0, 0.05) is 24.3 Å². The molecule has 0 aliphatic heterocycles. The van der Waals surface area contributed by atoms with E-state index < -0.39 is 56.0 Å². The Morgan fingerprint density at radius 3 is 1.12 bits per heavy atom. The summed E-state index contributed by atoms with van der Waals surface area (Å²) in [5, 5.41) is 40.5. The predicted molar refractivity (Wildman–Crippen MR) is 165 cm³/mol. The zero-order valence-electron chi connectivity index (χ0n) is 24.9. The fourth-order valence-electron chi connectivity index (χ4n) is 4.20. The van der Waals surface area contributed by atoms with Gasteiger partial charge in [-0.1, -0.05) is 0 Å². The van der Waals surface area contributed by atoms with E-state index in [1.807, 2.05) is 0 Å². The lowest BCUT2D eigenvalue weighted by atomic mass is 10.1. The molecule has 5 aromatic rings. The van der Waals surface area contributed by atoms with Gasteiger partial charge in [0.15, 0.2) is 11.6 Å². The Hall–Kier alpha value is -7.72. The number of nitrogens with zero attached hydrogens (tertiary/aromatic N) is 4. The highest BCUT2D eigenvalue weighted by Crippen LogP contribution is 2.43. The van der Waals surface area contributed by atoms with E-state index in [9.17, 15) is 40.3 Å². The molecular weight excluding hydrogens is 662 g/mol. The van der Waals surface area contributed by atoms with Crippen molar-refractivity contribution < 1.29 is 47.2 Å². The van der Waals surface area contributed by atoms with Gasteiger partial charge in [-0.25, -0.2) is 18.4 Å². The van der Waals surface area contributed by atoms with Crippen LogP contribution in [0.2, 0.25) is 0 Å². The molecule has 0 atom stereocenters. The van der Waals surface area contributed by atoms with Gasteiger partial charge in [-0.05, 0) is 72.8 Å². The number of halogens is 2. The van der Waals surface area contributed by atoms with Gasteiger partial charge in [-0.2, -0.15) is 10.5 Å². The van der Waals surface area contributed by atoms with Gasteiger partial charge in [-0.3, -0.25) is 20.2 Å². The molecule has 0 N–H and O–H groups in total. The second-order valence-electron chi connectivity index (χ2n) is 9.79. The number of hydrogen-bond donors (Lipinski definition) is 0. The number of carbonyl (C=O) groups is 2. The number of esters is 2. The molecule has 50 heavy (non-hydrogen) atoms. The highest BCUT2D eigenvalue weighted by Gasteiger charge is 2.29. The van der Waals surface area contributed by atoms with E-state index in [0.717, 1.165) is 24.3 Å². The van der Waals surface area contributed by atoms with Crippen LogP contribution in [0.5, 0.6) is 34.5 Å². The monoisotopic (exact) mass is 678 g/mol. The molecule has 0 aromatic heterocycles. The largest absolute Gasteiger partial charge is 0.450 e. The smallest absolute Gasteiger partial charge is 0.343 e. The van der Waals surface area contributed by atoms with Gasteiger partial charge in [0.2, 0.25) is 11.5 Å². The number of nitro benzene ring substituents is 2. The van der Waals surface area contributed by atoms with Crippen molar-refractivity contribution in [1.82, 2.24) is 0 Å². The molecule has 16 heteroatoms. The van der Waals surface area contributed by atoms with E-state index in [2.05, 4.69) is 0 Å². The van der Waals surface area contributed by atoms with Crippen molar-refractivity contribution >= 4 is 23.3 Å². The third kappa shape index (κ3) is 7.30. The Morgan fingerprint density at radius 2 is 0.840 bits per heavy atom. The molecule has 0 aliphatic rings. The van der Waals surface area contributed by atoms with E-state index in [4.69, 9.17) is 18.9 Å². The molecule has 0 heterocycles. The van der Waals surface area contributed by atoms with Gasteiger partial charge in [0.25, 0.3) is 11.4 Å². The fourth-order valence-corrected chi connectivity index (χ4v) is 4.20. The van der Waals surface area contributed by atoms with Crippen LogP contribution in [-0.2, 0) is 0 Å². The van der Waals surface area contributed by atoms with Crippen molar-refractivity contribution in [2.24, 2.45) is 0 Å². The normalized spacial score (nSPS) is 10.2. The molecule has 246 valence electrons. The van der Waals surface area contributed by atoms with Gasteiger partial charge in [0.1, 0.15) is 46.3 Å². The quantitative estimate of drug-likeness (QED) is 0.0607. The van der Waals surface area contributed by atoms with Gasteiger partial charge < -0.3 is 18.9 Å². The van der Waals surface area contributed by atoms with Crippen LogP contribution in [0, 0.1) is 54.5 Å². The number of carbonyl (C=O) groups excluding carboxylic acids is 2. The van der Waals surface area contributed by atoms with Crippen molar-refractivity contribution in [3.63, 3.8) is 0 Å². The molecule has 5 rings (SSSR count). The molecular formula is C34H16F2N4O10. The lowest BCUT2D eigenvalue weighted by Gasteiger charge is -2.16. The van der Waals surface area contributed by atoms with E-state index in [1.165, 1.54) is 84.9 Å². The van der Waals surface area contributed by atoms with E-state index in [1.54, 1.807) is 0 Å². The zero-order chi connectivity index (χ0) is 35.9. The minimum absolute atomic E-state index is 0.0106. The van der Waals surface area contributed by atoms with Crippen molar-refractivity contribution in [3.05, 3.63) is 151 Å². The highest BCUT2D eigenvalue weighted by molar-refractivity contribution is 5.91. The maximum Gasteiger partial charge on any atom is 0.343 e. The Labute approximate surface area is 278 Å². The van der Waals surface area contributed by atoms with Crippen LogP contribution in [0.4, 0.5) is 20.2 Å². The van der Waals surface area contributed by atoms with Crippen molar-refractivity contribution in [2.75, 3.05) is 0 Å². The van der Waals surface area contributed by atoms with Crippen molar-refractivity contribution in [1.29, 1.82) is 10.5 Å². The van der Waals surface area contributed by atoms with Crippen LogP contribution in [0.1, 0.15) is 31.8 Å². The van der Waals surface area contributed by atoms with Crippen LogP contribution in [-0.4, -0.2) is 21.8 Å². The standard InChI is InChI=1S/C34H16F2N4O10/c35-29-27(17-37)28(18-38)30(36)32(48-24-11-3-20(4-12-24)34(42)50-26-15-7-22(8-16-26)40(45)46)31(29)47-23-9-1-19(2-10-23)33(41)49-25-13-5-21(6-14-25)39(43)44/h1-16H. The third-order valence-corrected chi connectivity index (χ3v) is 6.65. The Morgan fingerprint density at radius 1 is 0.540 bits per heavy atom. The number of benzene rings is 5. The molecule has 0 bridgehead atoms. The first-order valence-electron chi connectivity index (χ1n) is 13.8. The summed E-state index contributed by atoms with van der Waals surface area (Å²) < 4.78 is 52.6. The summed E-state index contributed by atoms with van der Waals surface area (Å²) in [6.45, 7) is 0. The molecule has 0 fully saturated rings. The second-order valence-corrected chi connectivity index (χ2v) is 9.79. The summed E-state index contributed by atoms with van der Waals surface area (Å²) in [5.74, 6) is -6.64. The Bertz CT molecular complexity index is 2070. The van der Waals surface area contributed by atoms with Crippen LogP contribution in [0.15, 0.2) is 97.1 Å². The molecule has 5 aromatic carbocycles. The third-order valence-electron chi connectivity index (χ3n) is 6.65. The predicted octanol–water partition coefficient (Wildman–Crippen LogP) is 7.55. The zero-order valence-corrected chi connectivity index (χ0v) is 24.9. The van der Waals surface area contributed by atoms with Gasteiger partial charge in [-0.15, -0.1) is 0 Å². The first kappa shape index (κ1) is 33.6. The summed E-state index contributed by atoms with van der Waals surface area (Å²) in [7, 11) is 0. The van der Waals surface area contributed by atoms with E-state index in [-0.39, 0.29) is 45.5 Å². The second kappa shape index (κ2) is 14.4. The molecule has 0 saturated carbocycles. The summed E-state index contributed by atoms with van der Waals surface area (Å²) in [4.78, 5) is 45.5. The summed E-state index contributed by atoms with van der Waals surface area (Å²) in [5.41, 5.74) is -2.36. The fraction of sp³-hybridized carbons (Fsp3) is 0. The Kier molecular flexibility index (Phi) is 9.66. The van der Waals surface area contributed by atoms with E-state index >= 15 is 8.78 Å². The number of nitro groups is 2. The number of ether oxygens (including phenoxy) is 4. The van der Waals surface area contributed by atoms with Crippen molar-refractivity contribution in [2.45, 2.75) is 0 Å². The van der Waals surface area contributed by atoms with Crippen LogP contribution in [0.3, 0.4) is 0 Å². The number of nitriles is 2. The van der Waals surface area contributed by atoms with Crippen molar-refractivity contribution in [3.8, 4) is 46.6 Å². The topological polar surface area (TPSA) is 205 Å². The first-order valence-corrected chi connectivity index (χ1v) is 13.8. The minimum atomic E-state index is -1.43. The lowest BCUT2D eigenvalue weighted by molar-refractivity contribution is -0.385. The first-order chi connectivity index (χ1) is 24.0. The maximum absolute atomic E-state index is 15.6. The van der Waals surface area contributed by atoms with E-state index in [0.29, 0.717) is 0 Å². The minimum Gasteiger partial charge on any atom is -0.450 e. The molecule has 0 radical (unpaired) electrons. The summed E-state index contributed by atoms with van der Waals surface area (Å²) >= 11 is 0. The van der Waals surface area contributed by atoms with Crippen LogP contribution < -0.4 is 18.9 Å². The number of rotatable bonds is 10. The van der Waals surface area contributed by atoms with Crippen LogP contribution >= 0.6 is 0 Å². The molecule has 0 amide bonds. The number of hydrogen-bond acceptors (Lipinski definition) is 12. The molecule has 0 unspecified atom stereocenters. The summed E-state index contributed by atoms with van der Waals surface area (Å²) in [6, 6.07) is 22.0. The molecule has 0 spiro atoms. The van der Waals surface area contributed by atoms with Crippen LogP contribution in [0.25, 0.3) is 0 Å². The maximum atomic E-state index is 15.6. The highest BCUT2D eigenvalue weighted by atomic mass is 19.1.